The van der Waals surface area contributed by atoms with Gasteiger partial charge in [0.1, 0.15) is 11.2 Å². The van der Waals surface area contributed by atoms with Crippen molar-refractivity contribution in [1.82, 2.24) is 0 Å². The molecular weight excluding hydrogens is 1530 g/mol. The smallest absolute Gasteiger partial charge is 0.312 e. The zero-order chi connectivity index (χ0) is 87.9. The Balaban J connectivity index is 0.000000157. The number of esters is 5. The van der Waals surface area contributed by atoms with Gasteiger partial charge in [-0.2, -0.15) is 0 Å². The monoisotopic (exact) mass is 1690 g/mol. The fourth-order valence-corrected chi connectivity index (χ4v) is 26.8. The van der Waals surface area contributed by atoms with Gasteiger partial charge in [0, 0.05) is 17.8 Å². The van der Waals surface area contributed by atoms with Crippen molar-refractivity contribution in [3.05, 3.63) is 0 Å². The Morgan fingerprint density at radius 1 is 0.342 bits per heavy atom. The molecule has 0 aromatic rings. The minimum absolute atomic E-state index is 0.00782. The first-order valence-corrected chi connectivity index (χ1v) is 49.3. The van der Waals surface area contributed by atoms with Crippen molar-refractivity contribution in [1.29, 1.82) is 0 Å². The number of fused-ring (bicyclic) bond motifs is 13. The molecule has 21 nitrogen and oxygen atoms in total. The van der Waals surface area contributed by atoms with Gasteiger partial charge in [-0.3, -0.25) is 38.4 Å². The predicted molar refractivity (Wildman–Crippen MR) is 461 cm³/mol. The van der Waals surface area contributed by atoms with Crippen LogP contribution in [-0.2, 0) is 85.7 Å². The van der Waals surface area contributed by atoms with Crippen LogP contribution in [0, 0.1) is 148 Å². The Morgan fingerprint density at radius 3 is 1.02 bits per heavy atom. The zero-order valence-corrected chi connectivity index (χ0v) is 77.9. The highest BCUT2D eigenvalue weighted by Gasteiger charge is 2.64. The number of cyclic esters (lactones) is 3. The Kier molecular flexibility index (Phi) is 37.5. The summed E-state index contributed by atoms with van der Waals surface area (Å²) in [6.45, 7) is 44.0. The summed E-state index contributed by atoms with van der Waals surface area (Å²) < 4.78 is 55.7. The number of carboxylic acids is 3. The first-order valence-electron chi connectivity index (χ1n) is 49.3. The molecule has 8 aliphatic carbocycles. The molecule has 35 unspecified atom stereocenters. The lowest BCUT2D eigenvalue weighted by molar-refractivity contribution is -0.167. The molecule has 21 heteroatoms. The molecule has 3 N–H and O–H groups in total. The average molecular weight is 1690 g/mol. The molecule has 35 atom stereocenters. The maximum absolute atomic E-state index is 12.6. The number of ether oxygens (including phenoxy) is 10. The highest BCUT2D eigenvalue weighted by Crippen LogP contribution is 2.67. The summed E-state index contributed by atoms with van der Waals surface area (Å²) in [6.07, 6.45) is 34.4. The van der Waals surface area contributed by atoms with E-state index >= 15 is 0 Å². The third kappa shape index (κ3) is 22.6. The number of hydrogen-bond donors (Lipinski definition) is 3. The van der Waals surface area contributed by atoms with Crippen molar-refractivity contribution in [3.63, 3.8) is 0 Å². The minimum atomic E-state index is -0.710. The maximum atomic E-state index is 12.6. The van der Waals surface area contributed by atoms with Crippen LogP contribution in [0.15, 0.2) is 0 Å². The van der Waals surface area contributed by atoms with Gasteiger partial charge in [0.25, 0.3) is 0 Å². The molecule has 120 heavy (non-hydrogen) atoms. The largest absolute Gasteiger partial charge is 0.481 e. The van der Waals surface area contributed by atoms with E-state index in [2.05, 4.69) is 104 Å². The van der Waals surface area contributed by atoms with E-state index in [0.29, 0.717) is 67.7 Å². The molecule has 0 radical (unpaired) electrons. The van der Waals surface area contributed by atoms with Crippen LogP contribution in [0.25, 0.3) is 0 Å². The van der Waals surface area contributed by atoms with E-state index in [1.807, 2.05) is 34.6 Å². The fraction of sp³-hybridized carbons (Fsp3) is 0.919. The van der Waals surface area contributed by atoms with Crippen molar-refractivity contribution in [2.75, 3.05) is 19.8 Å². The van der Waals surface area contributed by atoms with E-state index in [9.17, 15) is 43.5 Å². The molecule has 0 spiro atoms. The summed E-state index contributed by atoms with van der Waals surface area (Å²) in [4.78, 5) is 92.1. The van der Waals surface area contributed by atoms with E-state index in [0.717, 1.165) is 188 Å². The summed E-state index contributed by atoms with van der Waals surface area (Å²) in [5.41, 5.74) is -0.510. The van der Waals surface area contributed by atoms with E-state index in [-0.39, 0.29) is 149 Å². The Labute approximate surface area is 722 Å². The lowest BCUT2D eigenvalue weighted by Crippen LogP contribution is -2.37. The average Bonchev–Trinajstić information content (AvgIpc) is 1.57. The normalized spacial score (nSPS) is 41.7. The van der Waals surface area contributed by atoms with Crippen molar-refractivity contribution in [3.8, 4) is 0 Å². The zero-order valence-electron chi connectivity index (χ0n) is 77.9. The highest BCUT2D eigenvalue weighted by molar-refractivity contribution is 5.78. The molecule has 688 valence electrons. The third-order valence-corrected chi connectivity index (χ3v) is 33.0. The molecule has 8 saturated carbocycles. The van der Waals surface area contributed by atoms with Gasteiger partial charge in [0.05, 0.1) is 128 Å². The van der Waals surface area contributed by atoms with Gasteiger partial charge in [-0.15, -0.1) is 0 Å². The van der Waals surface area contributed by atoms with Crippen LogP contribution in [0.2, 0.25) is 0 Å². The molecule has 16 rings (SSSR count). The number of rotatable bonds is 23. The molecule has 16 fully saturated rings. The van der Waals surface area contributed by atoms with Gasteiger partial charge in [-0.25, -0.2) is 0 Å². The summed E-state index contributed by atoms with van der Waals surface area (Å²) >= 11 is 0. The summed E-state index contributed by atoms with van der Waals surface area (Å²) in [5.74, 6) is 9.62. The predicted octanol–water partition coefficient (Wildman–Crippen LogP) is 20.2. The number of carboxylic acid groups (broad SMARTS) is 3. The van der Waals surface area contributed by atoms with Crippen LogP contribution in [0.4, 0.5) is 0 Å². The van der Waals surface area contributed by atoms with Gasteiger partial charge in [-0.1, -0.05) is 156 Å². The van der Waals surface area contributed by atoms with Crippen LogP contribution in [0.3, 0.4) is 0 Å². The standard InChI is InChI=1S/C19H32O2.C16H28O3.C15H24O2.3C10H16O3.C10H18O2.C9H16O3/c1-6-11-8-12(7-2)17-14-9-13(16(11)17)10-15(14)18(20)21-19(3,4)5;1-4-12-11-13(14(5-2)18-12)15(17)19-16(6-3)9-7-8-10-16;1-3-8-5-9(4-2)14-11-6-10(13(8)14)7-12(11)15(16)17;3*1-3-7-6-5-12-10(11)9(6)8(4-2)13-7;1-3-7-5-8(4-2)9(6-7)10(11)12;1-3-6-5-7(9(10)11)8(4-2)12-6/h11-17H,6-10H2,1-5H3;12-14H,4-11H2,1-3H3;8-14H,3-7H2,1-2H3,(H,16,17);3*6-9H,3-5H2,1-2H3;7-9H,3-6H2,1-2H3,(H,11,12);6-8H,3-5H2,1-2H3,(H,10,11). The SMILES string of the molecule is CCC1CC(C(=O)O)C(CC)O1.CCC1CC(C(=O)OC2(CC)CCCC2)C(CC)O1.CCC1CC(CC)C(C(=O)O)C1.CCC1CC(CC)C2C3CC(CC3C(=O)O)C12.CCC1CC(CC)C2C3CC(CC3C(=O)OC(C)(C)C)C12.CCC1OC(CC)C2C(=O)OCC12.CCC1OC(CC)C2C(=O)OCC12.CCC1OC(CC)C2C(=O)OCC12. The van der Waals surface area contributed by atoms with E-state index in [4.69, 9.17) is 57.6 Å². The number of carbonyl (C=O) groups excluding carboxylic acids is 5. The molecule has 0 amide bonds. The summed E-state index contributed by atoms with van der Waals surface area (Å²) in [7, 11) is 0. The Morgan fingerprint density at radius 2 is 0.700 bits per heavy atom. The number of carbonyl (C=O) groups is 8. The molecule has 4 bridgehead atoms. The van der Waals surface area contributed by atoms with E-state index in [1.54, 1.807) is 0 Å². The Hall–Kier alpha value is -4.44. The van der Waals surface area contributed by atoms with E-state index in [1.165, 1.54) is 64.2 Å². The van der Waals surface area contributed by atoms with Gasteiger partial charge in [0.15, 0.2) is 0 Å². The van der Waals surface area contributed by atoms with Gasteiger partial charge < -0.3 is 62.7 Å². The van der Waals surface area contributed by atoms with Gasteiger partial charge in [-0.05, 0) is 264 Å². The molecule has 0 aromatic carbocycles. The molecule has 16 aliphatic rings. The van der Waals surface area contributed by atoms with Crippen LogP contribution in [0.5, 0.6) is 0 Å². The lowest BCUT2D eigenvalue weighted by Gasteiger charge is -2.35. The second-order valence-corrected chi connectivity index (χ2v) is 40.1. The quantitative estimate of drug-likeness (QED) is 0.0633. The van der Waals surface area contributed by atoms with Crippen LogP contribution in [0.1, 0.15) is 338 Å². The first kappa shape index (κ1) is 99.3. The topological polar surface area (TPSA) is 290 Å². The third-order valence-electron chi connectivity index (χ3n) is 33.0. The Bertz CT molecular complexity index is 3110. The first-order chi connectivity index (χ1) is 57.4. The van der Waals surface area contributed by atoms with Gasteiger partial charge >= 0.3 is 47.8 Å². The van der Waals surface area contributed by atoms with Crippen molar-refractivity contribution < 1.29 is 101 Å². The van der Waals surface area contributed by atoms with E-state index < -0.39 is 17.9 Å². The van der Waals surface area contributed by atoms with Gasteiger partial charge in [0.2, 0.25) is 0 Å². The highest BCUT2D eigenvalue weighted by atomic mass is 16.6. The second kappa shape index (κ2) is 45.3. The summed E-state index contributed by atoms with van der Waals surface area (Å²) in [5, 5.41) is 27.1. The van der Waals surface area contributed by atoms with Crippen LogP contribution >= 0.6 is 0 Å². The van der Waals surface area contributed by atoms with Crippen molar-refractivity contribution in [2.45, 2.75) is 410 Å². The fourth-order valence-electron chi connectivity index (χ4n) is 26.8. The second-order valence-electron chi connectivity index (χ2n) is 40.1. The van der Waals surface area contributed by atoms with Crippen LogP contribution < -0.4 is 0 Å². The van der Waals surface area contributed by atoms with Crippen molar-refractivity contribution >= 4 is 47.8 Å². The molecule has 8 saturated heterocycles. The summed E-state index contributed by atoms with van der Waals surface area (Å²) in [6, 6.07) is 0. The van der Waals surface area contributed by atoms with Crippen molar-refractivity contribution in [2.24, 2.45) is 148 Å². The number of hydrogen-bond acceptors (Lipinski definition) is 18. The molecule has 0 aromatic heterocycles. The maximum Gasteiger partial charge on any atom is 0.312 e. The van der Waals surface area contributed by atoms with Crippen LogP contribution in [-0.4, -0.2) is 155 Å². The molecule has 8 aliphatic heterocycles. The molecular formula is C99H166O21. The number of aliphatic carboxylic acids is 3. The lowest BCUT2D eigenvalue weighted by atomic mass is 9.70. The molecule has 8 heterocycles. The minimum Gasteiger partial charge on any atom is -0.481 e.